The molecule has 0 saturated heterocycles. The van der Waals surface area contributed by atoms with Crippen molar-refractivity contribution in [3.63, 3.8) is 0 Å². The van der Waals surface area contributed by atoms with Crippen LogP contribution in [0, 0.1) is 0 Å². The van der Waals surface area contributed by atoms with E-state index in [0.717, 1.165) is 18.4 Å². The van der Waals surface area contributed by atoms with E-state index in [1.54, 1.807) is 19.1 Å². The number of carbonyl (C=O) groups excluding carboxylic acids is 1. The van der Waals surface area contributed by atoms with Crippen LogP contribution in [0.15, 0.2) is 18.2 Å². The van der Waals surface area contributed by atoms with E-state index in [1.807, 2.05) is 11.0 Å². The Morgan fingerprint density at radius 3 is 2.56 bits per heavy atom. The molecule has 1 saturated carbocycles. The van der Waals surface area contributed by atoms with Gasteiger partial charge in [-0.3, -0.25) is 4.79 Å². The van der Waals surface area contributed by atoms with Gasteiger partial charge in [0.1, 0.15) is 5.38 Å². The predicted molar refractivity (Wildman–Crippen MR) is 75.3 cm³/mol. The van der Waals surface area contributed by atoms with E-state index in [9.17, 15) is 4.79 Å². The Labute approximate surface area is 122 Å². The van der Waals surface area contributed by atoms with Gasteiger partial charge in [-0.25, -0.2) is 0 Å². The molecule has 2 rings (SSSR count). The van der Waals surface area contributed by atoms with E-state index < -0.39 is 5.38 Å². The van der Waals surface area contributed by atoms with Crippen LogP contribution >= 0.6 is 34.8 Å². The highest BCUT2D eigenvalue weighted by Crippen LogP contribution is 2.30. The average molecular weight is 307 g/mol. The fraction of sp³-hybridized carbons (Fsp3) is 0.462. The Bertz CT molecular complexity index is 458. The number of hydrogen-bond acceptors (Lipinski definition) is 1. The van der Waals surface area contributed by atoms with Crippen LogP contribution in [0.2, 0.25) is 10.0 Å². The summed E-state index contributed by atoms with van der Waals surface area (Å²) in [5, 5.41) is 0.542. The van der Waals surface area contributed by atoms with Crippen molar-refractivity contribution in [3.8, 4) is 0 Å². The summed E-state index contributed by atoms with van der Waals surface area (Å²) in [5.74, 6) is -0.0229. The van der Waals surface area contributed by atoms with E-state index in [2.05, 4.69) is 0 Å². The second-order valence-corrected chi connectivity index (χ2v) is 6.03. The highest BCUT2D eigenvalue weighted by Gasteiger charge is 2.34. The first kappa shape index (κ1) is 14.0. The Kier molecular flexibility index (Phi) is 4.41. The molecule has 0 N–H and O–H groups in total. The molecule has 2 nitrogen and oxygen atoms in total. The lowest BCUT2D eigenvalue weighted by atomic mass is 10.2. The molecule has 0 radical (unpaired) electrons. The molecule has 1 aliphatic carbocycles. The Hall–Kier alpha value is -0.440. The minimum absolute atomic E-state index is 0.0229. The van der Waals surface area contributed by atoms with Crippen molar-refractivity contribution >= 4 is 40.7 Å². The van der Waals surface area contributed by atoms with Crippen LogP contribution in [-0.2, 0) is 11.3 Å². The Morgan fingerprint density at radius 2 is 2.06 bits per heavy atom. The largest absolute Gasteiger partial charge is 0.334 e. The summed E-state index contributed by atoms with van der Waals surface area (Å²) in [6.45, 7) is 2.24. The molecule has 18 heavy (non-hydrogen) atoms. The molecule has 1 unspecified atom stereocenters. The molecule has 1 aromatic rings. The molecule has 1 aliphatic rings. The van der Waals surface area contributed by atoms with Crippen LogP contribution in [0.3, 0.4) is 0 Å². The van der Waals surface area contributed by atoms with Crippen LogP contribution in [0.4, 0.5) is 0 Å². The summed E-state index contributed by atoms with van der Waals surface area (Å²) in [6, 6.07) is 5.76. The smallest absolute Gasteiger partial charge is 0.240 e. The van der Waals surface area contributed by atoms with E-state index in [4.69, 9.17) is 34.8 Å². The summed E-state index contributed by atoms with van der Waals surface area (Å²) in [6.07, 6.45) is 2.10. The lowest BCUT2D eigenvalue weighted by molar-refractivity contribution is -0.131. The summed E-state index contributed by atoms with van der Waals surface area (Å²) in [4.78, 5) is 13.8. The standard InChI is InChI=1S/C13H14Cl3NO/c1-8(14)13(18)17(10-3-4-10)7-9-2-5-11(15)12(16)6-9/h2,5-6,8,10H,3-4,7H2,1H3. The van der Waals surface area contributed by atoms with Crippen molar-refractivity contribution in [1.29, 1.82) is 0 Å². The van der Waals surface area contributed by atoms with Crippen LogP contribution in [-0.4, -0.2) is 22.2 Å². The first-order chi connectivity index (χ1) is 8.49. The van der Waals surface area contributed by atoms with Gasteiger partial charge in [-0.2, -0.15) is 0 Å². The maximum absolute atomic E-state index is 12.0. The maximum Gasteiger partial charge on any atom is 0.240 e. The van der Waals surface area contributed by atoms with Gasteiger partial charge in [0, 0.05) is 12.6 Å². The molecule has 1 atom stereocenters. The third-order valence-corrected chi connectivity index (χ3v) is 3.87. The normalized spacial score (nSPS) is 16.4. The van der Waals surface area contributed by atoms with Crippen molar-refractivity contribution < 1.29 is 4.79 Å². The van der Waals surface area contributed by atoms with Gasteiger partial charge in [0.25, 0.3) is 0 Å². The molecule has 1 amide bonds. The second kappa shape index (κ2) is 5.68. The summed E-state index contributed by atoms with van der Waals surface area (Å²) < 4.78 is 0. The second-order valence-electron chi connectivity index (χ2n) is 4.56. The van der Waals surface area contributed by atoms with Crippen molar-refractivity contribution in [1.82, 2.24) is 4.90 Å². The van der Waals surface area contributed by atoms with Gasteiger partial charge in [0.05, 0.1) is 10.0 Å². The minimum atomic E-state index is -0.492. The third-order valence-electron chi connectivity index (χ3n) is 2.95. The van der Waals surface area contributed by atoms with Crippen molar-refractivity contribution in [2.24, 2.45) is 0 Å². The molecule has 1 fully saturated rings. The molecule has 0 aromatic heterocycles. The highest BCUT2D eigenvalue weighted by molar-refractivity contribution is 6.42. The van der Waals surface area contributed by atoms with Gasteiger partial charge in [0.2, 0.25) is 5.91 Å². The van der Waals surface area contributed by atoms with E-state index in [-0.39, 0.29) is 5.91 Å². The van der Waals surface area contributed by atoms with Crippen molar-refractivity contribution in [3.05, 3.63) is 33.8 Å². The SMILES string of the molecule is CC(Cl)C(=O)N(Cc1ccc(Cl)c(Cl)c1)C1CC1. The summed E-state index contributed by atoms with van der Waals surface area (Å²) in [7, 11) is 0. The molecular formula is C13H14Cl3NO. The van der Waals surface area contributed by atoms with Crippen LogP contribution < -0.4 is 0 Å². The van der Waals surface area contributed by atoms with Gasteiger partial charge in [-0.05, 0) is 37.5 Å². The molecule has 5 heteroatoms. The number of benzene rings is 1. The van der Waals surface area contributed by atoms with Crippen LogP contribution in [0.25, 0.3) is 0 Å². The molecule has 0 bridgehead atoms. The zero-order valence-electron chi connectivity index (χ0n) is 10.00. The van der Waals surface area contributed by atoms with Crippen molar-refractivity contribution in [2.45, 2.75) is 37.7 Å². The predicted octanol–water partition coefficient (Wildman–Crippen LogP) is 4.11. The molecule has 0 heterocycles. The topological polar surface area (TPSA) is 20.3 Å². The minimum Gasteiger partial charge on any atom is -0.334 e. The zero-order valence-corrected chi connectivity index (χ0v) is 12.3. The van der Waals surface area contributed by atoms with Gasteiger partial charge >= 0.3 is 0 Å². The van der Waals surface area contributed by atoms with Gasteiger partial charge in [-0.15, -0.1) is 11.6 Å². The maximum atomic E-state index is 12.0. The van der Waals surface area contributed by atoms with Gasteiger partial charge in [-0.1, -0.05) is 29.3 Å². The highest BCUT2D eigenvalue weighted by atomic mass is 35.5. The van der Waals surface area contributed by atoms with Crippen molar-refractivity contribution in [2.75, 3.05) is 0 Å². The number of hydrogen-bond donors (Lipinski definition) is 0. The summed E-state index contributed by atoms with van der Waals surface area (Å²) >= 11 is 17.7. The van der Waals surface area contributed by atoms with Crippen LogP contribution in [0.5, 0.6) is 0 Å². The van der Waals surface area contributed by atoms with E-state index in [1.165, 1.54) is 0 Å². The monoisotopic (exact) mass is 305 g/mol. The number of rotatable bonds is 4. The lowest BCUT2D eigenvalue weighted by Gasteiger charge is -2.24. The first-order valence-corrected chi connectivity index (χ1v) is 7.06. The lowest BCUT2D eigenvalue weighted by Crippen LogP contribution is -2.36. The van der Waals surface area contributed by atoms with E-state index in [0.29, 0.717) is 22.6 Å². The molecule has 0 aliphatic heterocycles. The molecular weight excluding hydrogens is 293 g/mol. The zero-order chi connectivity index (χ0) is 13.3. The summed E-state index contributed by atoms with van der Waals surface area (Å²) in [5.41, 5.74) is 0.974. The third kappa shape index (κ3) is 3.31. The number of carbonyl (C=O) groups is 1. The number of amides is 1. The number of nitrogens with zero attached hydrogens (tertiary/aromatic N) is 1. The fourth-order valence-corrected chi connectivity index (χ4v) is 2.28. The van der Waals surface area contributed by atoms with E-state index >= 15 is 0 Å². The fourth-order valence-electron chi connectivity index (χ4n) is 1.84. The Morgan fingerprint density at radius 1 is 1.39 bits per heavy atom. The number of alkyl halides is 1. The van der Waals surface area contributed by atoms with Crippen LogP contribution in [0.1, 0.15) is 25.3 Å². The molecule has 98 valence electrons. The van der Waals surface area contributed by atoms with Gasteiger partial charge < -0.3 is 4.90 Å². The first-order valence-electron chi connectivity index (χ1n) is 5.87. The van der Waals surface area contributed by atoms with Gasteiger partial charge in [0.15, 0.2) is 0 Å². The number of halogens is 3. The molecule has 0 spiro atoms. The molecule has 1 aromatic carbocycles. The quantitative estimate of drug-likeness (QED) is 0.767. The average Bonchev–Trinajstić information content (AvgIpc) is 3.13. The Balaban J connectivity index is 2.13.